The molecule has 0 spiro atoms. The zero-order chi connectivity index (χ0) is 47.4. The van der Waals surface area contributed by atoms with E-state index >= 15 is 0 Å². The van der Waals surface area contributed by atoms with E-state index in [1.807, 2.05) is 68.0 Å². The Morgan fingerprint density at radius 3 is 1.15 bits per heavy atom. The summed E-state index contributed by atoms with van der Waals surface area (Å²) in [6, 6.07) is 22.8. The fraction of sp³-hybridized carbons (Fsp3) is 0.556. The molecule has 0 bridgehead atoms. The van der Waals surface area contributed by atoms with Gasteiger partial charge in [0.05, 0.1) is 70.9 Å². The minimum absolute atomic E-state index is 0.526. The van der Waals surface area contributed by atoms with Crippen molar-refractivity contribution in [2.75, 3.05) is 99.1 Å². The van der Waals surface area contributed by atoms with E-state index in [1.54, 1.807) is 0 Å². The van der Waals surface area contributed by atoms with E-state index in [9.17, 15) is 0 Å². The third-order valence-electron chi connectivity index (χ3n) is 10.9. The first-order chi connectivity index (χ1) is 33.6. The van der Waals surface area contributed by atoms with E-state index in [0.29, 0.717) is 72.7 Å². The molecule has 8 nitrogen and oxygen atoms in total. The van der Waals surface area contributed by atoms with E-state index in [4.69, 9.17) is 37.9 Å². The summed E-state index contributed by atoms with van der Waals surface area (Å²) in [7, 11) is 0. The zero-order valence-electron chi connectivity index (χ0n) is 40.9. The molecule has 0 saturated heterocycles. The van der Waals surface area contributed by atoms with Crippen molar-refractivity contribution in [1.29, 1.82) is 0 Å². The van der Waals surface area contributed by atoms with E-state index in [0.717, 1.165) is 103 Å². The summed E-state index contributed by atoms with van der Waals surface area (Å²) < 4.78 is 47.3. The molecule has 0 aliphatic heterocycles. The molecule has 6 aromatic heterocycles. The maximum absolute atomic E-state index is 6.46. The quantitative estimate of drug-likeness (QED) is 0.0354. The van der Waals surface area contributed by atoms with Gasteiger partial charge in [-0.15, -0.1) is 68.0 Å². The molecule has 6 rings (SSSR count). The minimum Gasteiger partial charge on any atom is -0.490 e. The maximum atomic E-state index is 6.46. The fourth-order valence-electron chi connectivity index (χ4n) is 6.98. The van der Waals surface area contributed by atoms with Crippen molar-refractivity contribution < 1.29 is 37.9 Å². The molecule has 0 fully saturated rings. The number of rotatable bonds is 39. The Kier molecular flexibility index (Phi) is 26.4. The van der Waals surface area contributed by atoms with Crippen LogP contribution in [0.1, 0.15) is 94.4 Å². The third kappa shape index (κ3) is 18.7. The van der Waals surface area contributed by atoms with E-state index < -0.39 is 0 Å². The summed E-state index contributed by atoms with van der Waals surface area (Å²) in [6.07, 6.45) is 11.6. The minimum atomic E-state index is 0.526. The molecular formula is C54H74O8S6. The van der Waals surface area contributed by atoms with E-state index in [-0.39, 0.29) is 0 Å². The van der Waals surface area contributed by atoms with Crippen LogP contribution in [0.4, 0.5) is 0 Å². The van der Waals surface area contributed by atoms with Crippen molar-refractivity contribution in [2.45, 2.75) is 98.3 Å². The highest BCUT2D eigenvalue weighted by atomic mass is 32.1. The van der Waals surface area contributed by atoms with Crippen LogP contribution in [-0.2, 0) is 52.4 Å². The summed E-state index contributed by atoms with van der Waals surface area (Å²) in [5, 5.41) is 0. The highest BCUT2D eigenvalue weighted by Gasteiger charge is 2.20. The molecule has 14 heteroatoms. The van der Waals surface area contributed by atoms with Crippen LogP contribution >= 0.6 is 68.0 Å². The van der Waals surface area contributed by atoms with Gasteiger partial charge in [-0.2, -0.15) is 0 Å². The van der Waals surface area contributed by atoms with Gasteiger partial charge in [0.1, 0.15) is 12.4 Å². The standard InChI is InChI=1S/C54H74O8S6/c1-5-9-24-55-31-34-59-28-21-41-39-51(67-53(41)49-15-13-42(63-49)22-29-60-35-32-56-25-10-6-2)47-19-17-45(65-47)46-18-20-48(66-46)52-40-44(62-38-37-58-27-12-8-4)54(68-52)50-16-14-43(64-50)23-30-61-36-33-57-26-11-7-3/h13-20,39-40H,5-12,21-38H2,1-4H3. The number of hydrogen-bond donors (Lipinski definition) is 0. The number of unbranched alkanes of at least 4 members (excludes halogenated alkanes) is 4. The Balaban J connectivity index is 1.12. The highest BCUT2D eigenvalue weighted by molar-refractivity contribution is 7.30. The second-order valence-electron chi connectivity index (χ2n) is 16.4. The number of ether oxygens (including phenoxy) is 8. The Labute approximate surface area is 430 Å². The van der Waals surface area contributed by atoms with Crippen LogP contribution in [0.25, 0.3) is 48.8 Å². The molecule has 0 aromatic carbocycles. The van der Waals surface area contributed by atoms with Crippen LogP contribution in [0, 0.1) is 0 Å². The van der Waals surface area contributed by atoms with Crippen LogP contribution in [-0.4, -0.2) is 99.1 Å². The van der Waals surface area contributed by atoms with Gasteiger partial charge in [0.25, 0.3) is 0 Å². The average molecular weight is 1040 g/mol. The number of hydrogen-bond acceptors (Lipinski definition) is 14. The van der Waals surface area contributed by atoms with Gasteiger partial charge in [0.15, 0.2) is 0 Å². The molecule has 374 valence electrons. The van der Waals surface area contributed by atoms with Crippen molar-refractivity contribution in [3.8, 4) is 54.5 Å². The Hall–Kier alpha value is -2.28. The monoisotopic (exact) mass is 1040 g/mol. The van der Waals surface area contributed by atoms with Gasteiger partial charge in [0, 0.05) is 99.0 Å². The predicted octanol–water partition coefficient (Wildman–Crippen LogP) is 15.7. The maximum Gasteiger partial charge on any atom is 0.139 e. The Bertz CT molecular complexity index is 2230. The lowest BCUT2D eigenvalue weighted by molar-refractivity contribution is 0.0479. The summed E-state index contributed by atoms with van der Waals surface area (Å²) >= 11 is 11.1. The lowest BCUT2D eigenvalue weighted by Gasteiger charge is -2.07. The van der Waals surface area contributed by atoms with Gasteiger partial charge in [0.2, 0.25) is 0 Å². The molecule has 0 amide bonds. The van der Waals surface area contributed by atoms with Gasteiger partial charge in [-0.05, 0) is 92.3 Å². The average Bonchev–Trinajstić information content (AvgIpc) is 4.22. The molecule has 68 heavy (non-hydrogen) atoms. The van der Waals surface area contributed by atoms with Gasteiger partial charge in [-0.25, -0.2) is 0 Å². The summed E-state index contributed by atoms with van der Waals surface area (Å²) in [6.45, 7) is 19.0. The van der Waals surface area contributed by atoms with Crippen LogP contribution < -0.4 is 4.74 Å². The number of thiophene rings is 6. The molecule has 0 aliphatic rings. The molecule has 0 radical (unpaired) electrons. The molecule has 0 N–H and O–H groups in total. The van der Waals surface area contributed by atoms with Gasteiger partial charge < -0.3 is 37.9 Å². The van der Waals surface area contributed by atoms with Crippen LogP contribution in [0.2, 0.25) is 0 Å². The van der Waals surface area contributed by atoms with Gasteiger partial charge in [-0.1, -0.05) is 53.4 Å². The Morgan fingerprint density at radius 2 is 0.676 bits per heavy atom. The molecule has 0 aliphatic carbocycles. The molecule has 6 aromatic rings. The smallest absolute Gasteiger partial charge is 0.139 e. The topological polar surface area (TPSA) is 73.8 Å². The summed E-state index contributed by atoms with van der Waals surface area (Å²) in [5.74, 6) is 0.927. The molecule has 6 heterocycles. The first-order valence-corrected chi connectivity index (χ1v) is 29.8. The van der Waals surface area contributed by atoms with Crippen molar-refractivity contribution in [3.05, 3.63) is 76.0 Å². The van der Waals surface area contributed by atoms with E-state index in [2.05, 4.69) is 88.4 Å². The SMILES string of the molecule is CCCCOCCOCCc1ccc(-c2sc(-c3ccc(-c4ccc(-c5cc(OCCOCCCC)c(-c6ccc(CCOCCOCCCC)s6)s5)s4)s3)cc2CCOCCOCCCC)s1. The predicted molar refractivity (Wildman–Crippen MR) is 293 cm³/mol. The fourth-order valence-corrected chi connectivity index (χ4v) is 13.8. The Morgan fingerprint density at radius 1 is 0.309 bits per heavy atom. The molecule has 0 atom stereocenters. The van der Waals surface area contributed by atoms with Crippen molar-refractivity contribution in [2.24, 2.45) is 0 Å². The highest BCUT2D eigenvalue weighted by Crippen LogP contribution is 2.49. The second kappa shape index (κ2) is 32.6. The lowest BCUT2D eigenvalue weighted by Crippen LogP contribution is -2.07. The first kappa shape index (κ1) is 55.0. The van der Waals surface area contributed by atoms with Crippen molar-refractivity contribution in [1.82, 2.24) is 0 Å². The second-order valence-corrected chi connectivity index (χ2v) is 23.0. The molecule has 0 unspecified atom stereocenters. The zero-order valence-corrected chi connectivity index (χ0v) is 45.8. The van der Waals surface area contributed by atoms with Gasteiger partial charge in [-0.3, -0.25) is 0 Å². The molecular weight excluding hydrogens is 969 g/mol. The third-order valence-corrected chi connectivity index (χ3v) is 18.6. The van der Waals surface area contributed by atoms with Crippen LogP contribution in [0.15, 0.2) is 60.7 Å². The van der Waals surface area contributed by atoms with Crippen LogP contribution in [0.3, 0.4) is 0 Å². The largest absolute Gasteiger partial charge is 0.490 e. The van der Waals surface area contributed by atoms with Crippen molar-refractivity contribution >= 4 is 68.0 Å². The van der Waals surface area contributed by atoms with E-state index in [1.165, 1.54) is 64.1 Å². The van der Waals surface area contributed by atoms with Gasteiger partial charge >= 0.3 is 0 Å². The normalized spacial score (nSPS) is 11.7. The summed E-state index contributed by atoms with van der Waals surface area (Å²) in [4.78, 5) is 15.3. The van der Waals surface area contributed by atoms with Crippen molar-refractivity contribution in [3.63, 3.8) is 0 Å². The lowest BCUT2D eigenvalue weighted by atomic mass is 10.1. The summed E-state index contributed by atoms with van der Waals surface area (Å²) in [5.41, 5.74) is 1.34. The molecule has 0 saturated carbocycles. The first-order valence-electron chi connectivity index (χ1n) is 24.9. The van der Waals surface area contributed by atoms with Crippen LogP contribution in [0.5, 0.6) is 5.75 Å².